The van der Waals surface area contributed by atoms with Crippen molar-refractivity contribution in [3.8, 4) is 5.75 Å². The van der Waals surface area contributed by atoms with Gasteiger partial charge in [-0.2, -0.15) is 0 Å². The highest BCUT2D eigenvalue weighted by Gasteiger charge is 2.23. The van der Waals surface area contributed by atoms with Gasteiger partial charge in [-0.15, -0.1) is 0 Å². The fourth-order valence-corrected chi connectivity index (χ4v) is 4.84. The van der Waals surface area contributed by atoms with Crippen LogP contribution in [0.3, 0.4) is 0 Å². The first-order valence-corrected chi connectivity index (χ1v) is 12.5. The summed E-state index contributed by atoms with van der Waals surface area (Å²) in [7, 11) is 8.17. The second kappa shape index (κ2) is 11.3. The maximum absolute atomic E-state index is 12.8. The Bertz CT molecular complexity index is 1050. The molecule has 0 atom stereocenters. The lowest BCUT2D eigenvalue weighted by molar-refractivity contribution is 0.191. The molecule has 3 aromatic carbocycles. The SMILES string of the molecule is CN(C)c1ccc(C(c2ccc(N(C)C)cc2)c2ccccc2OC(=O)NC2CCCCC2)cc1. The second-order valence-electron chi connectivity index (χ2n) is 9.81. The predicted octanol–water partition coefficient (Wildman–Crippen LogP) is 6.42. The standard InChI is InChI=1S/C30H37N3O2/c1-32(2)25-18-14-22(15-19-25)29(23-16-20-26(21-17-23)33(3)4)27-12-8-9-13-28(27)35-30(34)31-24-10-6-5-7-11-24/h8-9,12-21,24,29H,5-7,10-11H2,1-4H3,(H,31,34). The molecule has 1 aliphatic rings. The number of para-hydroxylation sites is 1. The number of rotatable bonds is 7. The van der Waals surface area contributed by atoms with Crippen LogP contribution >= 0.6 is 0 Å². The van der Waals surface area contributed by atoms with E-state index in [2.05, 4.69) is 69.7 Å². The van der Waals surface area contributed by atoms with Crippen LogP contribution in [-0.4, -0.2) is 40.3 Å². The summed E-state index contributed by atoms with van der Waals surface area (Å²) in [5.41, 5.74) is 5.56. The zero-order valence-electron chi connectivity index (χ0n) is 21.3. The van der Waals surface area contributed by atoms with E-state index in [0.29, 0.717) is 5.75 Å². The Balaban J connectivity index is 1.68. The van der Waals surface area contributed by atoms with Gasteiger partial charge in [0.05, 0.1) is 0 Å². The van der Waals surface area contributed by atoms with E-state index in [1.807, 2.05) is 46.4 Å². The molecule has 0 radical (unpaired) electrons. The van der Waals surface area contributed by atoms with Crippen molar-refractivity contribution in [1.29, 1.82) is 0 Å². The molecule has 1 fully saturated rings. The topological polar surface area (TPSA) is 44.8 Å². The van der Waals surface area contributed by atoms with Crippen LogP contribution in [0.1, 0.15) is 54.7 Å². The number of nitrogens with zero attached hydrogens (tertiary/aromatic N) is 2. The minimum Gasteiger partial charge on any atom is -0.410 e. The second-order valence-corrected chi connectivity index (χ2v) is 9.81. The number of nitrogens with one attached hydrogen (secondary N) is 1. The molecule has 0 unspecified atom stereocenters. The molecule has 184 valence electrons. The first kappa shape index (κ1) is 24.6. The van der Waals surface area contributed by atoms with Gasteiger partial charge in [0.15, 0.2) is 0 Å². The maximum Gasteiger partial charge on any atom is 0.412 e. The monoisotopic (exact) mass is 471 g/mol. The van der Waals surface area contributed by atoms with Crippen molar-refractivity contribution in [2.24, 2.45) is 0 Å². The largest absolute Gasteiger partial charge is 0.412 e. The van der Waals surface area contributed by atoms with Crippen molar-refractivity contribution < 1.29 is 9.53 Å². The van der Waals surface area contributed by atoms with E-state index < -0.39 is 0 Å². The number of ether oxygens (including phenoxy) is 1. The minimum atomic E-state index is -0.367. The molecule has 0 heterocycles. The molecule has 1 aliphatic carbocycles. The van der Waals surface area contributed by atoms with Crippen LogP contribution in [0.5, 0.6) is 5.75 Å². The fourth-order valence-electron chi connectivity index (χ4n) is 4.84. The van der Waals surface area contributed by atoms with E-state index in [1.54, 1.807) is 0 Å². The van der Waals surface area contributed by atoms with Crippen molar-refractivity contribution >= 4 is 17.5 Å². The zero-order chi connectivity index (χ0) is 24.8. The molecule has 0 aliphatic heterocycles. The van der Waals surface area contributed by atoms with E-state index in [-0.39, 0.29) is 18.1 Å². The van der Waals surface area contributed by atoms with Crippen molar-refractivity contribution in [2.75, 3.05) is 38.0 Å². The van der Waals surface area contributed by atoms with E-state index >= 15 is 0 Å². The van der Waals surface area contributed by atoms with Crippen LogP contribution in [0.15, 0.2) is 72.8 Å². The Hall–Kier alpha value is -3.47. The minimum absolute atomic E-state index is 0.0684. The number of amides is 1. The Morgan fingerprint density at radius 2 is 1.29 bits per heavy atom. The molecular weight excluding hydrogens is 434 g/mol. The summed E-state index contributed by atoms with van der Waals surface area (Å²) < 4.78 is 5.93. The lowest BCUT2D eigenvalue weighted by Crippen LogP contribution is -2.38. The molecule has 3 aromatic rings. The summed E-state index contributed by atoms with van der Waals surface area (Å²) in [5, 5.41) is 3.08. The van der Waals surface area contributed by atoms with Gasteiger partial charge in [-0.1, -0.05) is 61.7 Å². The highest BCUT2D eigenvalue weighted by Crippen LogP contribution is 2.38. The highest BCUT2D eigenvalue weighted by atomic mass is 16.6. The summed E-state index contributed by atoms with van der Waals surface area (Å²) in [6.07, 6.45) is 5.25. The molecule has 5 nitrogen and oxygen atoms in total. The van der Waals surface area contributed by atoms with Crippen LogP contribution in [0.4, 0.5) is 16.2 Å². The molecule has 1 amide bonds. The molecule has 35 heavy (non-hydrogen) atoms. The lowest BCUT2D eigenvalue weighted by atomic mass is 9.84. The van der Waals surface area contributed by atoms with Gasteiger partial charge in [0.1, 0.15) is 5.75 Å². The Kier molecular flexibility index (Phi) is 7.96. The molecule has 0 spiro atoms. The number of carbonyl (C=O) groups excluding carboxylic acids is 1. The summed E-state index contributed by atoms with van der Waals surface area (Å²) in [6.45, 7) is 0. The number of benzene rings is 3. The van der Waals surface area contributed by atoms with Gasteiger partial charge >= 0.3 is 6.09 Å². The number of hydrogen-bond donors (Lipinski definition) is 1. The predicted molar refractivity (Wildman–Crippen MR) is 145 cm³/mol. The van der Waals surface area contributed by atoms with Crippen LogP contribution in [0.25, 0.3) is 0 Å². The van der Waals surface area contributed by atoms with Gasteiger partial charge in [-0.05, 0) is 54.3 Å². The van der Waals surface area contributed by atoms with E-state index in [4.69, 9.17) is 4.74 Å². The van der Waals surface area contributed by atoms with E-state index in [9.17, 15) is 4.79 Å². The third-order valence-corrected chi connectivity index (χ3v) is 6.85. The summed E-state index contributed by atoms with van der Waals surface area (Å²) in [6, 6.07) is 25.3. The van der Waals surface area contributed by atoms with Crippen molar-refractivity contribution in [1.82, 2.24) is 5.32 Å². The molecular formula is C30H37N3O2. The Labute approximate surface area is 209 Å². The normalized spacial score (nSPS) is 14.0. The quantitative estimate of drug-likeness (QED) is 0.404. The number of anilines is 2. The van der Waals surface area contributed by atoms with Crippen LogP contribution in [0, 0.1) is 0 Å². The maximum atomic E-state index is 12.8. The van der Waals surface area contributed by atoms with Gasteiger partial charge < -0.3 is 19.9 Å². The third kappa shape index (κ3) is 6.16. The van der Waals surface area contributed by atoms with Crippen LogP contribution in [-0.2, 0) is 0 Å². The molecule has 5 heteroatoms. The first-order chi connectivity index (χ1) is 16.9. The molecule has 1 saturated carbocycles. The molecule has 1 N–H and O–H groups in total. The summed E-state index contributed by atoms with van der Waals surface area (Å²) >= 11 is 0. The molecule has 0 saturated heterocycles. The number of hydrogen-bond acceptors (Lipinski definition) is 4. The highest BCUT2D eigenvalue weighted by molar-refractivity contribution is 5.71. The van der Waals surface area contributed by atoms with Gasteiger partial charge in [0.2, 0.25) is 0 Å². The fraction of sp³-hybridized carbons (Fsp3) is 0.367. The zero-order valence-corrected chi connectivity index (χ0v) is 21.3. The average Bonchev–Trinajstić information content (AvgIpc) is 2.86. The van der Waals surface area contributed by atoms with Crippen LogP contribution in [0.2, 0.25) is 0 Å². The lowest BCUT2D eigenvalue weighted by Gasteiger charge is -2.25. The average molecular weight is 472 g/mol. The first-order valence-electron chi connectivity index (χ1n) is 12.5. The van der Waals surface area contributed by atoms with Crippen molar-refractivity contribution in [2.45, 2.75) is 44.1 Å². The molecule has 0 bridgehead atoms. The van der Waals surface area contributed by atoms with Gasteiger partial charge in [0, 0.05) is 57.1 Å². The Morgan fingerprint density at radius 3 is 1.80 bits per heavy atom. The van der Waals surface area contributed by atoms with E-state index in [0.717, 1.165) is 53.7 Å². The summed E-state index contributed by atoms with van der Waals surface area (Å²) in [5.74, 6) is 0.528. The van der Waals surface area contributed by atoms with Gasteiger partial charge in [-0.25, -0.2) is 4.79 Å². The van der Waals surface area contributed by atoms with Gasteiger partial charge in [-0.3, -0.25) is 0 Å². The van der Waals surface area contributed by atoms with Crippen molar-refractivity contribution in [3.05, 3.63) is 89.5 Å². The van der Waals surface area contributed by atoms with Crippen molar-refractivity contribution in [3.63, 3.8) is 0 Å². The van der Waals surface area contributed by atoms with Gasteiger partial charge in [0.25, 0.3) is 0 Å². The third-order valence-electron chi connectivity index (χ3n) is 6.85. The molecule has 0 aromatic heterocycles. The number of carbonyl (C=O) groups is 1. The van der Waals surface area contributed by atoms with Crippen LogP contribution < -0.4 is 19.9 Å². The smallest absolute Gasteiger partial charge is 0.410 e. The molecule has 4 rings (SSSR count). The summed E-state index contributed by atoms with van der Waals surface area (Å²) in [4.78, 5) is 17.0. The Morgan fingerprint density at radius 1 is 0.771 bits per heavy atom. The van der Waals surface area contributed by atoms with E-state index in [1.165, 1.54) is 6.42 Å².